The molecule has 4 aromatic rings. The summed E-state index contributed by atoms with van der Waals surface area (Å²) in [7, 11) is 0. The Labute approximate surface area is 176 Å². The first-order valence-corrected chi connectivity index (χ1v) is 9.10. The lowest BCUT2D eigenvalue weighted by Crippen LogP contribution is -2.23. The molecule has 0 aliphatic carbocycles. The van der Waals surface area contributed by atoms with Crippen LogP contribution in [0, 0.1) is 0 Å². The number of halogens is 4. The molecule has 0 fully saturated rings. The van der Waals surface area contributed by atoms with Gasteiger partial charge >= 0.3 is 12.1 Å². The number of pyridine rings is 1. The Morgan fingerprint density at radius 2 is 2.00 bits per heavy atom. The lowest BCUT2D eigenvalue weighted by molar-refractivity contribution is -0.161. The molecule has 0 atom stereocenters. The van der Waals surface area contributed by atoms with E-state index in [0.29, 0.717) is 16.4 Å². The number of hydrogen-bond acceptors (Lipinski definition) is 6. The number of nitrogens with zero attached hydrogens (tertiary/aromatic N) is 2. The number of carbonyl (C=O) groups is 2. The Morgan fingerprint density at radius 1 is 1.19 bits per heavy atom. The van der Waals surface area contributed by atoms with E-state index in [1.165, 1.54) is 30.9 Å². The third kappa shape index (κ3) is 4.45. The van der Waals surface area contributed by atoms with Crippen LogP contribution in [0.1, 0.15) is 26.5 Å². The number of fused-ring (bicyclic) bond motifs is 2. The Morgan fingerprint density at radius 3 is 2.77 bits per heavy atom. The molecule has 1 amide bonds. The van der Waals surface area contributed by atoms with Gasteiger partial charge in [-0.15, -0.1) is 0 Å². The highest BCUT2D eigenvalue weighted by Gasteiger charge is 2.30. The molecule has 3 heterocycles. The number of rotatable bonds is 5. The zero-order chi connectivity index (χ0) is 22.2. The van der Waals surface area contributed by atoms with Crippen LogP contribution in [0.5, 0.6) is 0 Å². The van der Waals surface area contributed by atoms with Gasteiger partial charge in [-0.3, -0.25) is 9.78 Å². The van der Waals surface area contributed by atoms with Crippen LogP contribution in [0.4, 0.5) is 13.2 Å². The first-order chi connectivity index (χ1) is 14.7. The van der Waals surface area contributed by atoms with Gasteiger partial charge in [0.2, 0.25) is 0 Å². The summed E-state index contributed by atoms with van der Waals surface area (Å²) in [6.07, 6.45) is -0.337. The molecule has 3 aromatic heterocycles. The second-order valence-electron chi connectivity index (χ2n) is 6.44. The van der Waals surface area contributed by atoms with E-state index in [0.717, 1.165) is 6.07 Å². The highest BCUT2D eigenvalue weighted by Crippen LogP contribution is 2.28. The molecule has 8 nitrogen and oxygen atoms in total. The number of H-pyrrole nitrogens is 1. The largest absolute Gasteiger partial charge is 0.458 e. The van der Waals surface area contributed by atoms with Gasteiger partial charge in [-0.25, -0.2) is 9.78 Å². The lowest BCUT2D eigenvalue weighted by atomic mass is 10.1. The third-order valence-electron chi connectivity index (χ3n) is 4.22. The fourth-order valence-corrected chi connectivity index (χ4v) is 3.15. The number of aromatic amines is 1. The van der Waals surface area contributed by atoms with Crippen molar-refractivity contribution in [2.45, 2.75) is 12.7 Å². The molecule has 0 spiro atoms. The third-order valence-corrected chi connectivity index (χ3v) is 4.44. The first kappa shape index (κ1) is 20.7. The number of furan rings is 1. The fraction of sp³-hybridized carbons (Fsp3) is 0.158. The average Bonchev–Trinajstić information content (AvgIpc) is 3.35. The van der Waals surface area contributed by atoms with Crippen molar-refractivity contribution in [3.63, 3.8) is 0 Å². The summed E-state index contributed by atoms with van der Waals surface area (Å²) in [4.78, 5) is 35.5. The molecule has 160 valence electrons. The molecular formula is C19H12ClF3N4O4. The van der Waals surface area contributed by atoms with Crippen molar-refractivity contribution in [1.82, 2.24) is 20.3 Å². The highest BCUT2D eigenvalue weighted by atomic mass is 35.5. The molecule has 2 N–H and O–H groups in total. The minimum absolute atomic E-state index is 0.00288. The van der Waals surface area contributed by atoms with Crippen molar-refractivity contribution in [3.8, 4) is 0 Å². The van der Waals surface area contributed by atoms with E-state index in [1.807, 2.05) is 0 Å². The number of amides is 1. The van der Waals surface area contributed by atoms with Crippen molar-refractivity contribution in [3.05, 3.63) is 58.8 Å². The number of esters is 1. The average molecular weight is 453 g/mol. The van der Waals surface area contributed by atoms with E-state index >= 15 is 0 Å². The van der Waals surface area contributed by atoms with E-state index in [2.05, 4.69) is 25.0 Å². The zero-order valence-corrected chi connectivity index (χ0v) is 16.2. The summed E-state index contributed by atoms with van der Waals surface area (Å²) in [5.41, 5.74) is 1.02. The van der Waals surface area contributed by atoms with E-state index in [1.54, 1.807) is 0 Å². The standard InChI is InChI=1S/C19H12ClF3N4O4/c20-10-1-9-2-11(31-16(9)12(3-10)18(29)30-7-19(21,22)23)4-25-17(28)13-5-24-6-14-15(13)27-8-26-14/h1-3,5-6,8H,4,7H2,(H,25,28)(H,26,27). The summed E-state index contributed by atoms with van der Waals surface area (Å²) in [5, 5.41) is 3.12. The maximum absolute atomic E-state index is 12.5. The van der Waals surface area contributed by atoms with Gasteiger partial charge in [0.1, 0.15) is 22.4 Å². The first-order valence-electron chi connectivity index (χ1n) is 8.72. The van der Waals surface area contributed by atoms with Crippen LogP contribution in [0.2, 0.25) is 5.02 Å². The van der Waals surface area contributed by atoms with Crippen molar-refractivity contribution in [2.24, 2.45) is 0 Å². The number of aromatic nitrogens is 3. The van der Waals surface area contributed by atoms with Crippen LogP contribution in [0.15, 0.2) is 41.3 Å². The lowest BCUT2D eigenvalue weighted by Gasteiger charge is -2.08. The monoisotopic (exact) mass is 452 g/mol. The Kier molecular flexibility index (Phi) is 5.27. The van der Waals surface area contributed by atoms with Crippen LogP contribution in [-0.2, 0) is 11.3 Å². The Hall–Kier alpha value is -3.60. The van der Waals surface area contributed by atoms with E-state index < -0.39 is 24.7 Å². The molecule has 0 aliphatic rings. The van der Waals surface area contributed by atoms with Crippen LogP contribution < -0.4 is 5.32 Å². The van der Waals surface area contributed by atoms with Crippen LogP contribution in [0.3, 0.4) is 0 Å². The number of hydrogen-bond donors (Lipinski definition) is 2. The maximum Gasteiger partial charge on any atom is 0.422 e. The van der Waals surface area contributed by atoms with Crippen molar-refractivity contribution < 1.29 is 31.9 Å². The predicted octanol–water partition coefficient (Wildman–Crippen LogP) is 4.01. The smallest absolute Gasteiger partial charge is 0.422 e. The van der Waals surface area contributed by atoms with Crippen molar-refractivity contribution >= 4 is 45.5 Å². The summed E-state index contributed by atoms with van der Waals surface area (Å²) < 4.78 is 46.9. The van der Waals surface area contributed by atoms with Crippen LogP contribution in [-0.4, -0.2) is 39.6 Å². The number of alkyl halides is 3. The second kappa shape index (κ2) is 7.91. The maximum atomic E-state index is 12.5. The van der Waals surface area contributed by atoms with Gasteiger partial charge in [0.05, 0.1) is 30.1 Å². The molecule has 4 rings (SSSR count). The molecule has 31 heavy (non-hydrogen) atoms. The summed E-state index contributed by atoms with van der Waals surface area (Å²) >= 11 is 5.96. The molecule has 0 aliphatic heterocycles. The Balaban J connectivity index is 1.54. The van der Waals surface area contributed by atoms with Crippen LogP contribution in [0.25, 0.3) is 22.0 Å². The van der Waals surface area contributed by atoms with Crippen LogP contribution >= 0.6 is 11.6 Å². The summed E-state index contributed by atoms with van der Waals surface area (Å²) in [6.45, 7) is -1.81. The van der Waals surface area contributed by atoms with Gasteiger partial charge in [-0.1, -0.05) is 11.6 Å². The van der Waals surface area contributed by atoms with E-state index in [9.17, 15) is 22.8 Å². The minimum Gasteiger partial charge on any atom is -0.458 e. The number of imidazole rings is 1. The molecular weight excluding hydrogens is 441 g/mol. The molecule has 1 aromatic carbocycles. The fourth-order valence-electron chi connectivity index (χ4n) is 2.93. The number of carbonyl (C=O) groups excluding carboxylic acids is 2. The van der Waals surface area contributed by atoms with Crippen molar-refractivity contribution in [1.29, 1.82) is 0 Å². The minimum atomic E-state index is -4.67. The van der Waals surface area contributed by atoms with E-state index in [-0.39, 0.29) is 34.0 Å². The quantitative estimate of drug-likeness (QED) is 0.443. The SMILES string of the molecule is O=C(NCc1cc2cc(Cl)cc(C(=O)OCC(F)(F)F)c2o1)c1cncc2[nH]cnc12. The van der Waals surface area contributed by atoms with Gasteiger partial charge in [-0.2, -0.15) is 13.2 Å². The van der Waals surface area contributed by atoms with Gasteiger partial charge in [0.15, 0.2) is 6.61 Å². The summed E-state index contributed by atoms with van der Waals surface area (Å²) in [5.74, 6) is -1.45. The van der Waals surface area contributed by atoms with Gasteiger partial charge in [0.25, 0.3) is 5.91 Å². The molecule has 0 bridgehead atoms. The van der Waals surface area contributed by atoms with Gasteiger partial charge < -0.3 is 19.5 Å². The number of ether oxygens (including phenoxy) is 1. The predicted molar refractivity (Wildman–Crippen MR) is 103 cm³/mol. The molecule has 0 unspecified atom stereocenters. The number of nitrogens with one attached hydrogen (secondary N) is 2. The molecule has 12 heteroatoms. The van der Waals surface area contributed by atoms with Gasteiger partial charge in [-0.05, 0) is 18.2 Å². The second-order valence-corrected chi connectivity index (χ2v) is 6.88. The molecule has 0 saturated carbocycles. The Bertz CT molecular complexity index is 1300. The van der Waals surface area contributed by atoms with Gasteiger partial charge in [0, 0.05) is 16.6 Å². The normalized spacial score (nSPS) is 11.7. The topological polar surface area (TPSA) is 110 Å². The zero-order valence-electron chi connectivity index (χ0n) is 15.4. The number of benzene rings is 1. The van der Waals surface area contributed by atoms with Crippen molar-refractivity contribution in [2.75, 3.05) is 6.61 Å². The molecule has 0 radical (unpaired) electrons. The molecule has 0 saturated heterocycles. The summed E-state index contributed by atoms with van der Waals surface area (Å²) in [6, 6.07) is 4.13. The highest BCUT2D eigenvalue weighted by molar-refractivity contribution is 6.32. The van der Waals surface area contributed by atoms with E-state index in [4.69, 9.17) is 16.0 Å².